The summed E-state index contributed by atoms with van der Waals surface area (Å²) >= 11 is 0. The van der Waals surface area contributed by atoms with Crippen LogP contribution in [0.4, 0.5) is 0 Å². The lowest BCUT2D eigenvalue weighted by Gasteiger charge is -1.93. The van der Waals surface area contributed by atoms with Gasteiger partial charge in [-0.2, -0.15) is 5.10 Å². The van der Waals surface area contributed by atoms with Crippen molar-refractivity contribution < 1.29 is 9.90 Å². The number of aromatic amines is 1. The summed E-state index contributed by atoms with van der Waals surface area (Å²) in [6.45, 7) is 0. The van der Waals surface area contributed by atoms with Gasteiger partial charge in [0.15, 0.2) is 0 Å². The molecule has 0 unspecified atom stereocenters. The number of carbonyl (C=O) groups excluding carboxylic acids is 1. The van der Waals surface area contributed by atoms with Crippen molar-refractivity contribution in [3.05, 3.63) is 12.2 Å². The highest BCUT2D eigenvalue weighted by Gasteiger charge is 1.92. The molecule has 0 spiro atoms. The number of carboxylic acids is 1. The van der Waals surface area contributed by atoms with Gasteiger partial charge in [0.1, 0.15) is 12.2 Å². The third-order valence-electron chi connectivity index (χ3n) is 0.777. The van der Waals surface area contributed by atoms with Crippen LogP contribution in [0.15, 0.2) is 6.33 Å². The third-order valence-corrected chi connectivity index (χ3v) is 0.777. The lowest BCUT2D eigenvalue weighted by Crippen LogP contribution is -2.24. The smallest absolute Gasteiger partial charge is 0.137 e. The van der Waals surface area contributed by atoms with Crippen molar-refractivity contribution in [1.82, 2.24) is 15.2 Å². The molecule has 9 heavy (non-hydrogen) atoms. The Kier molecular flexibility index (Phi) is 1.44. The van der Waals surface area contributed by atoms with Gasteiger partial charge in [0.25, 0.3) is 0 Å². The molecule has 0 fully saturated rings. The van der Waals surface area contributed by atoms with Gasteiger partial charge < -0.3 is 9.90 Å². The number of nitrogens with zero attached hydrogens (tertiary/aromatic N) is 2. The quantitative estimate of drug-likeness (QED) is 0.501. The van der Waals surface area contributed by atoms with Crippen LogP contribution in [0.3, 0.4) is 0 Å². The molecule has 0 aliphatic carbocycles. The van der Waals surface area contributed by atoms with Crippen molar-refractivity contribution in [1.29, 1.82) is 0 Å². The van der Waals surface area contributed by atoms with E-state index in [1.165, 1.54) is 6.33 Å². The number of aromatic nitrogens is 3. The van der Waals surface area contributed by atoms with Gasteiger partial charge in [0.05, 0.1) is 0 Å². The second-order valence-electron chi connectivity index (χ2n) is 1.48. The van der Waals surface area contributed by atoms with E-state index >= 15 is 0 Å². The van der Waals surface area contributed by atoms with E-state index in [0.717, 1.165) is 0 Å². The van der Waals surface area contributed by atoms with Gasteiger partial charge in [-0.25, -0.2) is 4.98 Å². The van der Waals surface area contributed by atoms with Crippen LogP contribution in [0.25, 0.3) is 0 Å². The minimum atomic E-state index is -1.16. The molecule has 1 aromatic heterocycles. The largest absolute Gasteiger partial charge is 0.550 e. The van der Waals surface area contributed by atoms with Gasteiger partial charge >= 0.3 is 0 Å². The second kappa shape index (κ2) is 2.25. The van der Waals surface area contributed by atoms with Crippen LogP contribution in [0.2, 0.25) is 0 Å². The Morgan fingerprint density at radius 1 is 1.89 bits per heavy atom. The summed E-state index contributed by atoms with van der Waals surface area (Å²) in [6.07, 6.45) is 1.04. The highest BCUT2D eigenvalue weighted by atomic mass is 16.4. The molecular weight excluding hydrogens is 122 g/mol. The van der Waals surface area contributed by atoms with Crippen molar-refractivity contribution in [2.45, 2.75) is 6.42 Å². The average Bonchev–Trinajstić information content (AvgIpc) is 2.15. The normalized spacial score (nSPS) is 9.33. The maximum Gasteiger partial charge on any atom is 0.137 e. The van der Waals surface area contributed by atoms with Crippen molar-refractivity contribution in [2.24, 2.45) is 0 Å². The molecular formula is C4H4N3O2-. The van der Waals surface area contributed by atoms with E-state index < -0.39 is 5.97 Å². The number of aliphatic carboxylic acids is 1. The van der Waals surface area contributed by atoms with E-state index in [2.05, 4.69) is 15.2 Å². The first-order valence-electron chi connectivity index (χ1n) is 2.33. The molecule has 5 heteroatoms. The minimum Gasteiger partial charge on any atom is -0.550 e. The van der Waals surface area contributed by atoms with Gasteiger partial charge in [-0.3, -0.25) is 5.10 Å². The van der Waals surface area contributed by atoms with Crippen LogP contribution in [-0.2, 0) is 11.2 Å². The number of carbonyl (C=O) groups is 1. The van der Waals surface area contributed by atoms with Crippen molar-refractivity contribution in [3.8, 4) is 0 Å². The fraction of sp³-hybridized carbons (Fsp3) is 0.250. The second-order valence-corrected chi connectivity index (χ2v) is 1.48. The van der Waals surface area contributed by atoms with Crippen LogP contribution in [0.5, 0.6) is 0 Å². The zero-order valence-corrected chi connectivity index (χ0v) is 4.50. The molecule has 5 nitrogen and oxygen atoms in total. The highest BCUT2D eigenvalue weighted by molar-refractivity contribution is 5.66. The Morgan fingerprint density at radius 2 is 2.67 bits per heavy atom. The van der Waals surface area contributed by atoms with Crippen LogP contribution >= 0.6 is 0 Å². The molecule has 0 bridgehead atoms. The molecule has 1 heterocycles. The molecule has 0 aliphatic rings. The van der Waals surface area contributed by atoms with Crippen LogP contribution < -0.4 is 5.11 Å². The van der Waals surface area contributed by atoms with E-state index in [4.69, 9.17) is 0 Å². The monoisotopic (exact) mass is 126 g/mol. The Bertz CT molecular complexity index is 194. The van der Waals surface area contributed by atoms with Gasteiger partial charge in [-0.05, 0) is 0 Å². The number of hydrogen-bond donors (Lipinski definition) is 1. The summed E-state index contributed by atoms with van der Waals surface area (Å²) in [4.78, 5) is 13.4. The molecule has 48 valence electrons. The molecule has 0 saturated carbocycles. The fourth-order valence-corrected chi connectivity index (χ4v) is 0.453. The number of rotatable bonds is 2. The van der Waals surface area contributed by atoms with Crippen molar-refractivity contribution in [2.75, 3.05) is 0 Å². The lowest BCUT2D eigenvalue weighted by molar-refractivity contribution is -0.304. The van der Waals surface area contributed by atoms with E-state index in [1.807, 2.05) is 0 Å². The summed E-state index contributed by atoms with van der Waals surface area (Å²) in [6, 6.07) is 0. The standard InChI is InChI=1S/C4H5N3O2/c8-4(9)1-3-5-2-6-7-3/h2H,1H2,(H,8,9)(H,5,6,7)/p-1. The summed E-state index contributed by atoms with van der Waals surface area (Å²) in [7, 11) is 0. The lowest BCUT2D eigenvalue weighted by atomic mass is 10.4. The maximum absolute atomic E-state index is 9.87. The molecule has 0 amide bonds. The first-order chi connectivity index (χ1) is 4.29. The zero-order valence-electron chi connectivity index (χ0n) is 4.50. The van der Waals surface area contributed by atoms with E-state index in [1.54, 1.807) is 0 Å². The maximum atomic E-state index is 9.87. The Morgan fingerprint density at radius 3 is 3.11 bits per heavy atom. The number of nitrogens with one attached hydrogen (secondary N) is 1. The molecule has 1 aromatic rings. The van der Waals surface area contributed by atoms with Crippen molar-refractivity contribution >= 4 is 5.97 Å². The molecule has 1 N–H and O–H groups in total. The Hall–Kier alpha value is -1.39. The van der Waals surface area contributed by atoms with Gasteiger partial charge in [-0.1, -0.05) is 0 Å². The zero-order chi connectivity index (χ0) is 6.69. The molecule has 1 rings (SSSR count). The SMILES string of the molecule is O=C([O-])Cc1ncn[nH]1. The molecule has 0 aromatic carbocycles. The average molecular weight is 126 g/mol. The minimum absolute atomic E-state index is 0.208. The molecule has 0 saturated heterocycles. The van der Waals surface area contributed by atoms with E-state index in [-0.39, 0.29) is 6.42 Å². The first-order valence-corrected chi connectivity index (χ1v) is 2.33. The predicted molar refractivity (Wildman–Crippen MR) is 25.1 cm³/mol. The summed E-state index contributed by atoms with van der Waals surface area (Å²) in [5.74, 6) is -0.846. The van der Waals surface area contributed by atoms with Crippen molar-refractivity contribution in [3.63, 3.8) is 0 Å². The van der Waals surface area contributed by atoms with Crippen LogP contribution in [-0.4, -0.2) is 21.2 Å². The molecule has 0 atom stereocenters. The van der Waals surface area contributed by atoms with E-state index in [0.29, 0.717) is 5.82 Å². The van der Waals surface area contributed by atoms with Gasteiger partial charge in [0, 0.05) is 12.4 Å². The topological polar surface area (TPSA) is 81.7 Å². The van der Waals surface area contributed by atoms with Crippen LogP contribution in [0, 0.1) is 0 Å². The molecule has 0 aliphatic heterocycles. The first kappa shape index (κ1) is 5.74. The summed E-state index contributed by atoms with van der Waals surface area (Å²) in [5, 5.41) is 15.7. The van der Waals surface area contributed by atoms with Gasteiger partial charge in [-0.15, -0.1) is 0 Å². The Balaban J connectivity index is 2.58. The number of H-pyrrole nitrogens is 1. The third kappa shape index (κ3) is 1.52. The fourth-order valence-electron chi connectivity index (χ4n) is 0.453. The number of carboxylic acid groups (broad SMARTS) is 1. The highest BCUT2D eigenvalue weighted by Crippen LogP contribution is 1.83. The predicted octanol–water partition coefficient (Wildman–Crippen LogP) is -1.90. The summed E-state index contributed by atoms with van der Waals surface area (Å²) < 4.78 is 0. The van der Waals surface area contributed by atoms with Crippen LogP contribution in [0.1, 0.15) is 5.82 Å². The van der Waals surface area contributed by atoms with E-state index in [9.17, 15) is 9.90 Å². The van der Waals surface area contributed by atoms with Gasteiger partial charge in [0.2, 0.25) is 0 Å². The molecule has 0 radical (unpaired) electrons. The Labute approximate surface area is 50.7 Å². The number of hydrogen-bond acceptors (Lipinski definition) is 4. The summed E-state index contributed by atoms with van der Waals surface area (Å²) in [5.41, 5.74) is 0.